The van der Waals surface area contributed by atoms with E-state index in [0.29, 0.717) is 5.82 Å². The maximum atomic E-state index is 8.00. The predicted octanol–water partition coefficient (Wildman–Crippen LogP) is 1.03. The lowest BCUT2D eigenvalue weighted by Crippen LogP contribution is -1.52. The molecule has 0 saturated heterocycles. The summed E-state index contributed by atoms with van der Waals surface area (Å²) in [7, 11) is 0. The highest BCUT2D eigenvalue weighted by Gasteiger charge is 1.84. The third kappa shape index (κ3) is 0.806. The minimum absolute atomic E-state index is 0.380. The lowest BCUT2D eigenvalue weighted by Gasteiger charge is -1.65. The molecule has 0 saturated carbocycles. The lowest BCUT2D eigenvalue weighted by molar-refractivity contribution is 1.26. The molecule has 4 heteroatoms. The van der Waals surface area contributed by atoms with Crippen molar-refractivity contribution in [1.82, 2.24) is 9.90 Å². The van der Waals surface area contributed by atoms with Crippen molar-refractivity contribution in [3.8, 4) is 0 Å². The van der Waals surface area contributed by atoms with Crippen LogP contribution in [0.3, 0.4) is 0 Å². The van der Waals surface area contributed by atoms with E-state index >= 15 is 0 Å². The van der Waals surface area contributed by atoms with E-state index in [1.54, 1.807) is 11.4 Å². The summed E-state index contributed by atoms with van der Waals surface area (Å²) in [6.07, 6.45) is 0. The fraction of sp³-hybridized carbons (Fsp3) is 0. The molecule has 0 aromatic carbocycles. The first-order valence-corrected chi connectivity index (χ1v) is 2.52. The molecule has 1 rings (SSSR count). The molecule has 1 aromatic heterocycles. The molecule has 3 nitrogen and oxygen atoms in total. The third-order valence-corrected chi connectivity index (χ3v) is 1.08. The van der Waals surface area contributed by atoms with E-state index in [2.05, 4.69) is 9.49 Å². The van der Waals surface area contributed by atoms with Gasteiger partial charge in [0.25, 0.3) is 0 Å². The molecule has 7 heavy (non-hydrogen) atoms. The van der Waals surface area contributed by atoms with Crippen molar-refractivity contribution < 1.29 is 0 Å². The molecular formula is C3H2N3S. The average molecular weight is 112 g/mol. The molecule has 0 aliphatic carbocycles. The van der Waals surface area contributed by atoms with E-state index in [-0.39, 0.29) is 0 Å². The van der Waals surface area contributed by atoms with E-state index in [1.807, 2.05) is 0 Å². The fourth-order valence-corrected chi connectivity index (χ4v) is 0.707. The topological polar surface area (TPSA) is 47.5 Å². The molecule has 0 N–H and O–H groups in total. The average Bonchev–Trinajstić information content (AvgIpc) is 2.14. The van der Waals surface area contributed by atoms with Crippen LogP contribution in [0, 0.1) is 0 Å². The zero-order valence-electron chi connectivity index (χ0n) is 3.40. The normalized spacial score (nSPS) is 8.57. The van der Waals surface area contributed by atoms with Crippen LogP contribution in [0.5, 0.6) is 0 Å². The molecule has 0 spiro atoms. The van der Waals surface area contributed by atoms with Crippen molar-refractivity contribution in [2.24, 2.45) is 5.11 Å². The first-order chi connectivity index (χ1) is 3.43. The van der Waals surface area contributed by atoms with Crippen molar-refractivity contribution >= 4 is 17.4 Å². The summed E-state index contributed by atoms with van der Waals surface area (Å²) in [4.78, 5) is 0. The van der Waals surface area contributed by atoms with Crippen molar-refractivity contribution in [3.05, 3.63) is 11.4 Å². The summed E-state index contributed by atoms with van der Waals surface area (Å²) >= 11 is 1.26. The maximum absolute atomic E-state index is 8.00. The summed E-state index contributed by atoms with van der Waals surface area (Å²) in [5.41, 5.74) is 8.00. The number of hydrogen-bond acceptors (Lipinski definition) is 3. The molecule has 1 heterocycles. The highest BCUT2D eigenvalue weighted by atomic mass is 32.1. The summed E-state index contributed by atoms with van der Waals surface area (Å²) < 4.78 is 3.66. The van der Waals surface area contributed by atoms with Crippen LogP contribution in [0.1, 0.15) is 0 Å². The highest BCUT2D eigenvalue weighted by Crippen LogP contribution is 2.06. The monoisotopic (exact) mass is 112 g/mol. The van der Waals surface area contributed by atoms with Gasteiger partial charge in [0.1, 0.15) is 0 Å². The maximum Gasteiger partial charge on any atom is 0.189 e. The molecule has 0 bridgehead atoms. The van der Waals surface area contributed by atoms with Gasteiger partial charge in [-0.2, -0.15) is 4.37 Å². The first-order valence-electron chi connectivity index (χ1n) is 1.69. The first kappa shape index (κ1) is 4.39. The van der Waals surface area contributed by atoms with Gasteiger partial charge in [-0.1, -0.05) is 0 Å². The van der Waals surface area contributed by atoms with Gasteiger partial charge in [0.15, 0.2) is 5.82 Å². The molecule has 0 aliphatic heterocycles. The van der Waals surface area contributed by atoms with Gasteiger partial charge in [-0.25, -0.2) is 0 Å². The van der Waals surface area contributed by atoms with E-state index in [4.69, 9.17) is 5.53 Å². The number of nitrogens with zero attached hydrogens (tertiary/aromatic N) is 3. The Hall–Kier alpha value is -0.770. The quantitative estimate of drug-likeness (QED) is 0.500. The molecule has 0 amide bonds. The smallest absolute Gasteiger partial charge is 0.171 e. The van der Waals surface area contributed by atoms with Crippen LogP contribution >= 0.6 is 11.5 Å². The predicted molar refractivity (Wildman–Crippen MR) is 26.3 cm³/mol. The molecule has 1 radical (unpaired) electrons. The Labute approximate surface area is 44.7 Å². The zero-order chi connectivity index (χ0) is 5.11. The van der Waals surface area contributed by atoms with Crippen molar-refractivity contribution in [2.45, 2.75) is 0 Å². The lowest BCUT2D eigenvalue weighted by atomic mass is 10.7. The van der Waals surface area contributed by atoms with Gasteiger partial charge in [0, 0.05) is 5.38 Å². The molecule has 35 valence electrons. The van der Waals surface area contributed by atoms with Crippen LogP contribution in [0.15, 0.2) is 16.6 Å². The fourth-order valence-electron chi connectivity index (χ4n) is 0.258. The SMILES string of the molecule is [N]=Nc1ccsn1. The number of aromatic nitrogens is 1. The standard InChI is InChI=1S/C3H2N3S/c4-5-3-1-2-7-6-3/h1-2H. The summed E-state index contributed by atoms with van der Waals surface area (Å²) in [6, 6.07) is 1.63. The van der Waals surface area contributed by atoms with Crippen molar-refractivity contribution in [3.63, 3.8) is 0 Å². The van der Waals surface area contributed by atoms with Gasteiger partial charge in [-0.05, 0) is 23.1 Å². The number of rotatable bonds is 1. The molecule has 1 aromatic rings. The Bertz CT molecular complexity index is 145. The second-order valence-corrected chi connectivity index (χ2v) is 1.62. The molecular weight excluding hydrogens is 110 g/mol. The summed E-state index contributed by atoms with van der Waals surface area (Å²) in [6.45, 7) is 0. The minimum Gasteiger partial charge on any atom is -0.171 e. The van der Waals surface area contributed by atoms with Gasteiger partial charge >= 0.3 is 0 Å². The van der Waals surface area contributed by atoms with E-state index in [1.165, 1.54) is 11.5 Å². The van der Waals surface area contributed by atoms with Gasteiger partial charge in [0.05, 0.1) is 0 Å². The largest absolute Gasteiger partial charge is 0.189 e. The van der Waals surface area contributed by atoms with Crippen LogP contribution in [0.2, 0.25) is 0 Å². The zero-order valence-corrected chi connectivity index (χ0v) is 4.22. The van der Waals surface area contributed by atoms with Gasteiger partial charge in [-0.3, -0.25) is 0 Å². The molecule has 0 fully saturated rings. The molecule has 0 aliphatic rings. The van der Waals surface area contributed by atoms with Gasteiger partial charge in [0.2, 0.25) is 0 Å². The number of hydrogen-bond donors (Lipinski definition) is 0. The van der Waals surface area contributed by atoms with E-state index < -0.39 is 0 Å². The Balaban J connectivity index is 2.96. The van der Waals surface area contributed by atoms with Gasteiger partial charge < -0.3 is 0 Å². The van der Waals surface area contributed by atoms with E-state index in [9.17, 15) is 0 Å². The third-order valence-electron chi connectivity index (χ3n) is 0.527. The Morgan fingerprint density at radius 3 is 3.00 bits per heavy atom. The van der Waals surface area contributed by atoms with Crippen LogP contribution < -0.4 is 5.53 Å². The Morgan fingerprint density at radius 1 is 1.86 bits per heavy atom. The molecule has 0 atom stereocenters. The van der Waals surface area contributed by atoms with Crippen LogP contribution in [-0.2, 0) is 0 Å². The van der Waals surface area contributed by atoms with Gasteiger partial charge in [-0.15, -0.1) is 5.11 Å². The van der Waals surface area contributed by atoms with Crippen molar-refractivity contribution in [2.75, 3.05) is 0 Å². The van der Waals surface area contributed by atoms with Crippen molar-refractivity contribution in [1.29, 1.82) is 0 Å². The second kappa shape index (κ2) is 1.79. The van der Waals surface area contributed by atoms with Crippen LogP contribution in [0.25, 0.3) is 0 Å². The highest BCUT2D eigenvalue weighted by molar-refractivity contribution is 7.03. The summed E-state index contributed by atoms with van der Waals surface area (Å²) in [5.74, 6) is 0.380. The Morgan fingerprint density at radius 2 is 2.71 bits per heavy atom. The van der Waals surface area contributed by atoms with Crippen LogP contribution in [-0.4, -0.2) is 4.37 Å². The van der Waals surface area contributed by atoms with E-state index in [0.717, 1.165) is 0 Å². The molecule has 0 unspecified atom stereocenters. The second-order valence-electron chi connectivity index (χ2n) is 0.958. The minimum atomic E-state index is 0.380. The summed E-state index contributed by atoms with van der Waals surface area (Å²) in [5, 5.41) is 4.57. The van der Waals surface area contributed by atoms with Crippen LogP contribution in [0.4, 0.5) is 5.82 Å². The Kier molecular flexibility index (Phi) is 1.12.